The molecule has 11 aromatic rings. The summed E-state index contributed by atoms with van der Waals surface area (Å²) in [7, 11) is 0. The molecular weight excluding hydrogens is 681 g/mol. The van der Waals surface area contributed by atoms with Crippen LogP contribution in [0, 0.1) is 0 Å². The van der Waals surface area contributed by atoms with Crippen molar-refractivity contribution in [2.75, 3.05) is 0 Å². The van der Waals surface area contributed by atoms with Crippen LogP contribution in [0.4, 0.5) is 0 Å². The smallest absolute Gasteiger partial charge is 0.160 e. The first kappa shape index (κ1) is 31.9. The Hall–Kier alpha value is -7.56. The summed E-state index contributed by atoms with van der Waals surface area (Å²) in [5.74, 6) is 0.710. The van der Waals surface area contributed by atoms with Crippen molar-refractivity contribution in [1.82, 2.24) is 19.1 Å². The van der Waals surface area contributed by atoms with Crippen molar-refractivity contribution < 1.29 is 0 Å². The molecule has 3 aromatic heterocycles. The van der Waals surface area contributed by atoms with Crippen molar-refractivity contribution in [3.05, 3.63) is 206 Å². The Bertz CT molecular complexity index is 3170. The van der Waals surface area contributed by atoms with Crippen molar-refractivity contribution >= 4 is 43.5 Å². The summed E-state index contributed by atoms with van der Waals surface area (Å²) in [6, 6.07) is 71.2. The molecular formula is C52H34N4. The standard InChI is InChI=1S/C52H34N4/c1-4-14-35(15-5-1)47-34-48(54-52(53-47)36-16-6-2-7-17-36)39-20-12-18-37(28-39)38-19-13-23-44(30-38)56-49-25-11-10-24-45(49)46-31-41-29-40-26-27-55(43-21-8-3-9-22-43)50(40)32-42(41)33-51(46)56/h1-34H. The van der Waals surface area contributed by atoms with Crippen LogP contribution < -0.4 is 0 Å². The largest absolute Gasteiger partial charge is 0.317 e. The Morgan fingerprint density at radius 1 is 0.321 bits per heavy atom. The van der Waals surface area contributed by atoms with Gasteiger partial charge < -0.3 is 9.13 Å². The summed E-state index contributed by atoms with van der Waals surface area (Å²) in [4.78, 5) is 10.1. The number of hydrogen-bond donors (Lipinski definition) is 0. The second kappa shape index (κ2) is 13.1. The fourth-order valence-corrected chi connectivity index (χ4v) is 8.19. The van der Waals surface area contributed by atoms with Crippen molar-refractivity contribution in [3.63, 3.8) is 0 Å². The van der Waals surface area contributed by atoms with E-state index in [1.165, 1.54) is 43.5 Å². The third-order valence-corrected chi connectivity index (χ3v) is 10.9. The van der Waals surface area contributed by atoms with Gasteiger partial charge in [-0.3, -0.25) is 0 Å². The maximum Gasteiger partial charge on any atom is 0.160 e. The fourth-order valence-electron chi connectivity index (χ4n) is 8.19. The van der Waals surface area contributed by atoms with Gasteiger partial charge in [0.15, 0.2) is 5.82 Å². The zero-order valence-electron chi connectivity index (χ0n) is 30.4. The quantitative estimate of drug-likeness (QED) is 0.172. The molecule has 0 N–H and O–H groups in total. The SMILES string of the molecule is c1ccc(-c2cc(-c3cccc(-c4cccc(-n5c6ccccc6c6cc7cc8ccn(-c9ccccc9)c8cc7cc65)c4)c3)nc(-c3ccccc3)n2)cc1. The number of para-hydroxylation sites is 2. The molecule has 0 unspecified atom stereocenters. The predicted molar refractivity (Wildman–Crippen MR) is 232 cm³/mol. The third-order valence-electron chi connectivity index (χ3n) is 10.9. The maximum absolute atomic E-state index is 5.11. The van der Waals surface area contributed by atoms with Crippen molar-refractivity contribution in [2.45, 2.75) is 0 Å². The second-order valence-corrected chi connectivity index (χ2v) is 14.3. The number of benzene rings is 8. The van der Waals surface area contributed by atoms with E-state index in [1.54, 1.807) is 0 Å². The van der Waals surface area contributed by atoms with E-state index in [0.29, 0.717) is 5.82 Å². The average molecular weight is 715 g/mol. The molecule has 8 aromatic carbocycles. The van der Waals surface area contributed by atoms with E-state index < -0.39 is 0 Å². The maximum atomic E-state index is 5.11. The minimum Gasteiger partial charge on any atom is -0.317 e. The molecule has 0 aliphatic carbocycles. The van der Waals surface area contributed by atoms with Crippen LogP contribution in [0.25, 0.3) is 99.9 Å². The second-order valence-electron chi connectivity index (χ2n) is 14.3. The van der Waals surface area contributed by atoms with E-state index in [9.17, 15) is 0 Å². The zero-order valence-corrected chi connectivity index (χ0v) is 30.4. The van der Waals surface area contributed by atoms with Crippen LogP contribution in [-0.2, 0) is 0 Å². The molecule has 4 nitrogen and oxygen atoms in total. The highest BCUT2D eigenvalue weighted by Crippen LogP contribution is 2.38. The number of aromatic nitrogens is 4. The number of nitrogens with zero attached hydrogens (tertiary/aromatic N) is 4. The molecule has 0 fully saturated rings. The average Bonchev–Trinajstić information content (AvgIpc) is 3.83. The number of hydrogen-bond acceptors (Lipinski definition) is 2. The Balaban J connectivity index is 1.04. The predicted octanol–water partition coefficient (Wildman–Crippen LogP) is 13.3. The monoisotopic (exact) mass is 714 g/mol. The molecule has 56 heavy (non-hydrogen) atoms. The normalized spacial score (nSPS) is 11.6. The van der Waals surface area contributed by atoms with Gasteiger partial charge in [0.1, 0.15) is 0 Å². The van der Waals surface area contributed by atoms with Gasteiger partial charge in [-0.25, -0.2) is 9.97 Å². The molecule has 0 spiro atoms. The Kier molecular flexibility index (Phi) is 7.46. The van der Waals surface area contributed by atoms with Gasteiger partial charge in [0.2, 0.25) is 0 Å². The van der Waals surface area contributed by atoms with Gasteiger partial charge in [-0.2, -0.15) is 0 Å². The lowest BCUT2D eigenvalue weighted by Gasteiger charge is -2.13. The molecule has 4 heteroatoms. The first-order valence-corrected chi connectivity index (χ1v) is 19.0. The Morgan fingerprint density at radius 3 is 1.71 bits per heavy atom. The van der Waals surface area contributed by atoms with E-state index in [0.717, 1.165) is 50.6 Å². The molecule has 0 aliphatic heterocycles. The molecule has 0 saturated carbocycles. The molecule has 0 radical (unpaired) electrons. The van der Waals surface area contributed by atoms with Crippen molar-refractivity contribution in [2.24, 2.45) is 0 Å². The molecule has 0 atom stereocenters. The van der Waals surface area contributed by atoms with Gasteiger partial charge in [0.25, 0.3) is 0 Å². The van der Waals surface area contributed by atoms with Crippen LogP contribution >= 0.6 is 0 Å². The number of fused-ring (bicyclic) bond motifs is 5. The lowest BCUT2D eigenvalue weighted by Crippen LogP contribution is -1.96. The topological polar surface area (TPSA) is 35.6 Å². The van der Waals surface area contributed by atoms with E-state index in [2.05, 4.69) is 191 Å². The van der Waals surface area contributed by atoms with Gasteiger partial charge >= 0.3 is 0 Å². The highest BCUT2D eigenvalue weighted by molar-refractivity contribution is 6.15. The highest BCUT2D eigenvalue weighted by Gasteiger charge is 2.16. The van der Waals surface area contributed by atoms with Crippen LogP contribution in [0.1, 0.15) is 0 Å². The van der Waals surface area contributed by atoms with E-state index in [4.69, 9.17) is 9.97 Å². The van der Waals surface area contributed by atoms with Gasteiger partial charge in [0.05, 0.1) is 27.9 Å². The van der Waals surface area contributed by atoms with E-state index in [1.807, 2.05) is 24.3 Å². The molecule has 0 aliphatic rings. The van der Waals surface area contributed by atoms with E-state index in [-0.39, 0.29) is 0 Å². The Labute approximate surface area is 324 Å². The Morgan fingerprint density at radius 2 is 0.911 bits per heavy atom. The highest BCUT2D eigenvalue weighted by atomic mass is 15.0. The summed E-state index contributed by atoms with van der Waals surface area (Å²) in [5.41, 5.74) is 13.0. The molecule has 262 valence electrons. The summed E-state index contributed by atoms with van der Waals surface area (Å²) in [6.07, 6.45) is 2.17. The molecule has 0 bridgehead atoms. The van der Waals surface area contributed by atoms with Crippen LogP contribution in [0.3, 0.4) is 0 Å². The fraction of sp³-hybridized carbons (Fsp3) is 0. The summed E-state index contributed by atoms with van der Waals surface area (Å²) < 4.78 is 4.69. The first-order chi connectivity index (χ1) is 27.7. The summed E-state index contributed by atoms with van der Waals surface area (Å²) in [6.45, 7) is 0. The van der Waals surface area contributed by atoms with E-state index >= 15 is 0 Å². The zero-order chi connectivity index (χ0) is 37.0. The van der Waals surface area contributed by atoms with Crippen LogP contribution in [0.5, 0.6) is 0 Å². The lowest BCUT2D eigenvalue weighted by atomic mass is 10.00. The van der Waals surface area contributed by atoms with Gasteiger partial charge in [-0.1, -0.05) is 127 Å². The first-order valence-electron chi connectivity index (χ1n) is 19.0. The van der Waals surface area contributed by atoms with Crippen molar-refractivity contribution in [3.8, 4) is 56.4 Å². The molecule has 0 amide bonds. The van der Waals surface area contributed by atoms with Crippen LogP contribution in [0.2, 0.25) is 0 Å². The minimum atomic E-state index is 0.710. The molecule has 3 heterocycles. The van der Waals surface area contributed by atoms with Crippen molar-refractivity contribution in [1.29, 1.82) is 0 Å². The van der Waals surface area contributed by atoms with Crippen LogP contribution in [-0.4, -0.2) is 19.1 Å². The molecule has 0 saturated heterocycles. The molecule has 11 rings (SSSR count). The van der Waals surface area contributed by atoms with Gasteiger partial charge in [-0.05, 0) is 94.7 Å². The summed E-state index contributed by atoms with van der Waals surface area (Å²) >= 11 is 0. The number of rotatable bonds is 6. The van der Waals surface area contributed by atoms with Gasteiger partial charge in [-0.15, -0.1) is 0 Å². The van der Waals surface area contributed by atoms with Crippen LogP contribution in [0.15, 0.2) is 206 Å². The minimum absolute atomic E-state index is 0.710. The lowest BCUT2D eigenvalue weighted by molar-refractivity contribution is 1.13. The third kappa shape index (κ3) is 5.47. The summed E-state index contributed by atoms with van der Waals surface area (Å²) in [5, 5.41) is 6.16. The van der Waals surface area contributed by atoms with Gasteiger partial charge in [0, 0.05) is 50.4 Å².